The molecule has 0 radical (unpaired) electrons. The molecule has 0 spiro atoms. The van der Waals surface area contributed by atoms with Crippen molar-refractivity contribution >= 4 is 0 Å². The first-order valence-corrected chi connectivity index (χ1v) is 5.29. The summed E-state index contributed by atoms with van der Waals surface area (Å²) in [7, 11) is 1.60. The highest BCUT2D eigenvalue weighted by molar-refractivity contribution is 5.47. The fraction of sp³-hybridized carbons (Fsp3) is 0.250. The van der Waals surface area contributed by atoms with Gasteiger partial charge in [0, 0.05) is 0 Å². The van der Waals surface area contributed by atoms with E-state index in [0.29, 0.717) is 17.9 Å². The van der Waals surface area contributed by atoms with E-state index < -0.39 is 0 Å². The highest BCUT2D eigenvalue weighted by Gasteiger charge is 2.14. The molecule has 0 saturated carbocycles. The molecule has 5 nitrogen and oxygen atoms in total. The zero-order valence-corrected chi connectivity index (χ0v) is 9.71. The number of nitriles is 1. The first-order chi connectivity index (χ1) is 8.31. The minimum atomic E-state index is 0.360. The standard InChI is InChI=1S/C12H12N4O/c1-3-10-9(8-13)14-15-16(10)11-6-4-5-7-12(11)17-2/h4-7H,3H2,1-2H3. The normalized spacial score (nSPS) is 9.94. The zero-order valence-electron chi connectivity index (χ0n) is 9.71. The number of rotatable bonds is 3. The first-order valence-electron chi connectivity index (χ1n) is 5.29. The van der Waals surface area contributed by atoms with Gasteiger partial charge in [-0.05, 0) is 18.6 Å². The Bertz CT molecular complexity index is 568. The number of para-hydroxylation sites is 2. The van der Waals surface area contributed by atoms with Crippen molar-refractivity contribution in [2.75, 3.05) is 7.11 Å². The van der Waals surface area contributed by atoms with Crippen molar-refractivity contribution in [3.8, 4) is 17.5 Å². The molecule has 0 bridgehead atoms. The number of hydrogen-bond acceptors (Lipinski definition) is 4. The lowest BCUT2D eigenvalue weighted by atomic mass is 10.2. The fourth-order valence-electron chi connectivity index (χ4n) is 1.70. The SMILES string of the molecule is CCc1c(C#N)nnn1-c1ccccc1OC. The lowest BCUT2D eigenvalue weighted by Crippen LogP contribution is -2.04. The van der Waals surface area contributed by atoms with Crippen LogP contribution >= 0.6 is 0 Å². The Balaban J connectivity index is 2.61. The lowest BCUT2D eigenvalue weighted by molar-refractivity contribution is 0.411. The van der Waals surface area contributed by atoms with Gasteiger partial charge >= 0.3 is 0 Å². The second-order valence-corrected chi connectivity index (χ2v) is 3.43. The van der Waals surface area contributed by atoms with Crippen molar-refractivity contribution in [1.82, 2.24) is 15.0 Å². The number of aromatic nitrogens is 3. The number of nitrogens with zero attached hydrogens (tertiary/aromatic N) is 4. The van der Waals surface area contributed by atoms with Gasteiger partial charge in [0.15, 0.2) is 5.69 Å². The van der Waals surface area contributed by atoms with Gasteiger partial charge in [-0.3, -0.25) is 0 Å². The first kappa shape index (κ1) is 11.1. The smallest absolute Gasteiger partial charge is 0.186 e. The maximum atomic E-state index is 8.94. The maximum absolute atomic E-state index is 8.94. The van der Waals surface area contributed by atoms with Crippen LogP contribution in [0.3, 0.4) is 0 Å². The quantitative estimate of drug-likeness (QED) is 0.802. The monoisotopic (exact) mass is 228 g/mol. The van der Waals surface area contributed by atoms with E-state index in [1.165, 1.54) is 0 Å². The summed E-state index contributed by atoms with van der Waals surface area (Å²) in [6.45, 7) is 1.96. The maximum Gasteiger partial charge on any atom is 0.186 e. The summed E-state index contributed by atoms with van der Waals surface area (Å²) in [5.41, 5.74) is 1.94. The molecule has 0 aliphatic rings. The molecule has 1 aromatic carbocycles. The van der Waals surface area contributed by atoms with Gasteiger partial charge in [0.1, 0.15) is 17.5 Å². The highest BCUT2D eigenvalue weighted by Crippen LogP contribution is 2.23. The summed E-state index contributed by atoms with van der Waals surface area (Å²) in [5.74, 6) is 0.705. The third-order valence-electron chi connectivity index (χ3n) is 2.52. The van der Waals surface area contributed by atoms with Gasteiger partial charge < -0.3 is 4.74 Å². The molecule has 1 heterocycles. The summed E-state index contributed by atoms with van der Waals surface area (Å²) >= 11 is 0. The topological polar surface area (TPSA) is 63.7 Å². The van der Waals surface area contributed by atoms with Gasteiger partial charge in [-0.25, -0.2) is 4.68 Å². The third-order valence-corrected chi connectivity index (χ3v) is 2.52. The third kappa shape index (κ3) is 1.85. The Kier molecular flexibility index (Phi) is 3.06. The summed E-state index contributed by atoms with van der Waals surface area (Å²) in [5, 5.41) is 16.8. The van der Waals surface area contributed by atoms with Crippen LogP contribution in [0.1, 0.15) is 18.3 Å². The van der Waals surface area contributed by atoms with E-state index in [1.807, 2.05) is 37.3 Å². The zero-order chi connectivity index (χ0) is 12.3. The molecule has 2 aromatic rings. The molecule has 86 valence electrons. The molecule has 2 rings (SSSR count). The van der Waals surface area contributed by atoms with Gasteiger partial charge in [0.2, 0.25) is 0 Å². The van der Waals surface area contributed by atoms with Crippen molar-refractivity contribution < 1.29 is 4.74 Å². The van der Waals surface area contributed by atoms with Crippen molar-refractivity contribution in [3.63, 3.8) is 0 Å². The Morgan fingerprint density at radius 1 is 1.41 bits per heavy atom. The number of ether oxygens (including phenoxy) is 1. The summed E-state index contributed by atoms with van der Waals surface area (Å²) in [4.78, 5) is 0. The van der Waals surface area contributed by atoms with Crippen LogP contribution in [0.2, 0.25) is 0 Å². The van der Waals surface area contributed by atoms with Gasteiger partial charge in [-0.1, -0.05) is 24.3 Å². The van der Waals surface area contributed by atoms with Gasteiger partial charge in [0.05, 0.1) is 12.8 Å². The lowest BCUT2D eigenvalue weighted by Gasteiger charge is -2.09. The molecule has 0 amide bonds. The van der Waals surface area contributed by atoms with Crippen LogP contribution in [0.4, 0.5) is 0 Å². The van der Waals surface area contributed by atoms with E-state index in [-0.39, 0.29) is 0 Å². The van der Waals surface area contributed by atoms with E-state index in [9.17, 15) is 0 Å². The van der Waals surface area contributed by atoms with Crippen LogP contribution in [0.5, 0.6) is 5.75 Å². The van der Waals surface area contributed by atoms with Crippen molar-refractivity contribution in [2.24, 2.45) is 0 Å². The predicted molar refractivity (Wildman–Crippen MR) is 62.0 cm³/mol. The van der Waals surface area contributed by atoms with E-state index in [4.69, 9.17) is 10.00 Å². The largest absolute Gasteiger partial charge is 0.494 e. The van der Waals surface area contributed by atoms with Crippen molar-refractivity contribution in [3.05, 3.63) is 35.7 Å². The summed E-state index contributed by atoms with van der Waals surface area (Å²) < 4.78 is 6.92. The van der Waals surface area contributed by atoms with Crippen LogP contribution < -0.4 is 4.74 Å². The van der Waals surface area contributed by atoms with Crippen molar-refractivity contribution in [1.29, 1.82) is 5.26 Å². The van der Waals surface area contributed by atoms with E-state index in [0.717, 1.165) is 11.4 Å². The molecule has 0 atom stereocenters. The molecule has 0 N–H and O–H groups in total. The predicted octanol–water partition coefficient (Wildman–Crippen LogP) is 1.71. The number of benzene rings is 1. The molecule has 17 heavy (non-hydrogen) atoms. The minimum Gasteiger partial charge on any atom is -0.494 e. The van der Waals surface area contributed by atoms with E-state index in [1.54, 1.807) is 11.8 Å². The molecule has 0 saturated heterocycles. The molecular formula is C12H12N4O. The second-order valence-electron chi connectivity index (χ2n) is 3.43. The fourth-order valence-corrected chi connectivity index (χ4v) is 1.70. The number of methoxy groups -OCH3 is 1. The Morgan fingerprint density at radius 2 is 2.18 bits per heavy atom. The molecule has 0 unspecified atom stereocenters. The summed E-state index contributed by atoms with van der Waals surface area (Å²) in [6, 6.07) is 9.55. The van der Waals surface area contributed by atoms with Crippen LogP contribution in [-0.4, -0.2) is 22.1 Å². The molecule has 0 aliphatic heterocycles. The van der Waals surface area contributed by atoms with Crippen LogP contribution in [-0.2, 0) is 6.42 Å². The average molecular weight is 228 g/mol. The Labute approximate surface area is 99.2 Å². The Hall–Kier alpha value is -2.35. The van der Waals surface area contributed by atoms with Gasteiger partial charge in [-0.15, -0.1) is 5.10 Å². The molecule has 1 aromatic heterocycles. The molecule has 0 fully saturated rings. The van der Waals surface area contributed by atoms with Crippen LogP contribution in [0, 0.1) is 11.3 Å². The Morgan fingerprint density at radius 3 is 2.82 bits per heavy atom. The minimum absolute atomic E-state index is 0.360. The van der Waals surface area contributed by atoms with Gasteiger partial charge in [0.25, 0.3) is 0 Å². The van der Waals surface area contributed by atoms with Crippen LogP contribution in [0.25, 0.3) is 5.69 Å². The van der Waals surface area contributed by atoms with E-state index >= 15 is 0 Å². The summed E-state index contributed by atoms with van der Waals surface area (Å²) in [6.07, 6.45) is 0.688. The van der Waals surface area contributed by atoms with Crippen molar-refractivity contribution in [2.45, 2.75) is 13.3 Å². The van der Waals surface area contributed by atoms with Crippen LogP contribution in [0.15, 0.2) is 24.3 Å². The number of hydrogen-bond donors (Lipinski definition) is 0. The highest BCUT2D eigenvalue weighted by atomic mass is 16.5. The second kappa shape index (κ2) is 4.66. The molecular weight excluding hydrogens is 216 g/mol. The molecule has 5 heteroatoms. The van der Waals surface area contributed by atoms with Gasteiger partial charge in [-0.2, -0.15) is 5.26 Å². The molecule has 0 aliphatic carbocycles. The van der Waals surface area contributed by atoms with E-state index in [2.05, 4.69) is 10.3 Å². The average Bonchev–Trinajstić information content (AvgIpc) is 2.81.